The van der Waals surface area contributed by atoms with Crippen LogP contribution >= 0.6 is 0 Å². The highest BCUT2D eigenvalue weighted by Crippen LogP contribution is 2.31. The highest BCUT2D eigenvalue weighted by atomic mass is 16.5. The van der Waals surface area contributed by atoms with Crippen LogP contribution in [-0.4, -0.2) is 13.2 Å². The van der Waals surface area contributed by atoms with Gasteiger partial charge in [0, 0.05) is 6.04 Å². The van der Waals surface area contributed by atoms with Gasteiger partial charge in [0.05, 0.1) is 6.61 Å². The maximum absolute atomic E-state index is 5.57. The molecule has 0 unspecified atom stereocenters. The molecule has 1 heterocycles. The normalized spacial score (nSPS) is 23.9. The molecule has 1 fully saturated rings. The largest absolute Gasteiger partial charge is 0.494 e. The second kappa shape index (κ2) is 5.54. The van der Waals surface area contributed by atoms with Crippen molar-refractivity contribution in [3.63, 3.8) is 0 Å². The van der Waals surface area contributed by atoms with E-state index in [0.29, 0.717) is 6.04 Å². The highest BCUT2D eigenvalue weighted by molar-refractivity contribution is 5.38. The van der Waals surface area contributed by atoms with E-state index in [-0.39, 0.29) is 0 Å². The summed E-state index contributed by atoms with van der Waals surface area (Å²) in [5, 5.41) is 3.61. The van der Waals surface area contributed by atoms with Crippen LogP contribution in [-0.2, 0) is 6.42 Å². The molecule has 1 aliphatic rings. The van der Waals surface area contributed by atoms with Gasteiger partial charge in [0.1, 0.15) is 5.75 Å². The summed E-state index contributed by atoms with van der Waals surface area (Å²) in [4.78, 5) is 0. The average Bonchev–Trinajstić information content (AvgIpc) is 2.76. The molecule has 2 atom stereocenters. The van der Waals surface area contributed by atoms with E-state index < -0.39 is 0 Å². The quantitative estimate of drug-likeness (QED) is 0.861. The molecule has 0 radical (unpaired) electrons. The lowest BCUT2D eigenvalue weighted by Gasteiger charge is -2.16. The molecule has 2 rings (SSSR count). The van der Waals surface area contributed by atoms with Gasteiger partial charge in [0.15, 0.2) is 0 Å². The maximum Gasteiger partial charge on any atom is 0.119 e. The summed E-state index contributed by atoms with van der Waals surface area (Å²) in [6.45, 7) is 8.43. The molecule has 0 amide bonds. The minimum absolute atomic E-state index is 0.538. The van der Waals surface area contributed by atoms with E-state index in [1.54, 1.807) is 0 Å². The Labute approximate surface area is 104 Å². The molecular weight excluding hydrogens is 210 g/mol. The number of rotatable bonds is 4. The minimum atomic E-state index is 0.538. The summed E-state index contributed by atoms with van der Waals surface area (Å²) in [5.41, 5.74) is 2.88. The van der Waals surface area contributed by atoms with Crippen LogP contribution < -0.4 is 10.1 Å². The molecular formula is C15H23NO. The third-order valence-corrected chi connectivity index (χ3v) is 3.53. The fraction of sp³-hybridized carbons (Fsp3) is 0.600. The van der Waals surface area contributed by atoms with Gasteiger partial charge in [-0.2, -0.15) is 0 Å². The summed E-state index contributed by atoms with van der Waals surface area (Å²) in [5.74, 6) is 1.79. The van der Waals surface area contributed by atoms with Gasteiger partial charge in [-0.05, 0) is 55.5 Å². The Hall–Kier alpha value is -1.02. The molecule has 0 saturated carbocycles. The maximum atomic E-state index is 5.57. The number of hydrogen-bond acceptors (Lipinski definition) is 2. The van der Waals surface area contributed by atoms with Crippen LogP contribution in [0, 0.1) is 5.92 Å². The number of aryl methyl sites for hydroxylation is 1. The van der Waals surface area contributed by atoms with E-state index >= 15 is 0 Å². The van der Waals surface area contributed by atoms with E-state index in [4.69, 9.17) is 4.74 Å². The lowest BCUT2D eigenvalue weighted by molar-refractivity contribution is 0.339. The molecule has 2 heteroatoms. The first-order chi connectivity index (χ1) is 8.24. The van der Waals surface area contributed by atoms with Crippen molar-refractivity contribution in [2.45, 2.75) is 39.7 Å². The van der Waals surface area contributed by atoms with Gasteiger partial charge in [-0.3, -0.25) is 0 Å². The fourth-order valence-corrected chi connectivity index (χ4v) is 2.63. The Morgan fingerprint density at radius 1 is 1.35 bits per heavy atom. The first kappa shape index (κ1) is 12.4. The standard InChI is InChI=1S/C15H23NO/c1-4-12-9-13(17-5-2)6-7-14(12)15-8-11(3)10-16-15/h6-7,9,11,15-16H,4-5,8,10H2,1-3H3/t11-,15-/m0/s1. The van der Waals surface area contributed by atoms with Gasteiger partial charge < -0.3 is 10.1 Å². The number of nitrogens with one attached hydrogen (secondary N) is 1. The monoisotopic (exact) mass is 233 g/mol. The Balaban J connectivity index is 2.21. The van der Waals surface area contributed by atoms with Crippen molar-refractivity contribution >= 4 is 0 Å². The minimum Gasteiger partial charge on any atom is -0.494 e. The second-order valence-electron chi connectivity index (χ2n) is 4.95. The average molecular weight is 233 g/mol. The van der Waals surface area contributed by atoms with Gasteiger partial charge in [0.25, 0.3) is 0 Å². The third kappa shape index (κ3) is 2.81. The topological polar surface area (TPSA) is 21.3 Å². The van der Waals surface area contributed by atoms with Crippen molar-refractivity contribution in [2.75, 3.05) is 13.2 Å². The summed E-state index contributed by atoms with van der Waals surface area (Å²) in [6.07, 6.45) is 2.32. The summed E-state index contributed by atoms with van der Waals surface area (Å²) < 4.78 is 5.57. The van der Waals surface area contributed by atoms with Crippen LogP contribution in [0.25, 0.3) is 0 Å². The lowest BCUT2D eigenvalue weighted by Crippen LogP contribution is -2.15. The van der Waals surface area contributed by atoms with Gasteiger partial charge in [-0.25, -0.2) is 0 Å². The smallest absolute Gasteiger partial charge is 0.119 e. The zero-order valence-corrected chi connectivity index (χ0v) is 11.1. The predicted molar refractivity (Wildman–Crippen MR) is 71.5 cm³/mol. The Bertz CT molecular complexity index is 375. The van der Waals surface area contributed by atoms with E-state index in [0.717, 1.165) is 31.2 Å². The first-order valence-electron chi connectivity index (χ1n) is 6.73. The Kier molecular flexibility index (Phi) is 4.06. The molecule has 1 aromatic carbocycles. The molecule has 1 aromatic rings. The molecule has 17 heavy (non-hydrogen) atoms. The van der Waals surface area contributed by atoms with Gasteiger partial charge in [-0.15, -0.1) is 0 Å². The Morgan fingerprint density at radius 3 is 2.76 bits per heavy atom. The summed E-state index contributed by atoms with van der Waals surface area (Å²) >= 11 is 0. The summed E-state index contributed by atoms with van der Waals surface area (Å²) in [7, 11) is 0. The fourth-order valence-electron chi connectivity index (χ4n) is 2.63. The van der Waals surface area contributed by atoms with E-state index in [1.165, 1.54) is 17.5 Å². The number of benzene rings is 1. The van der Waals surface area contributed by atoms with E-state index in [2.05, 4.69) is 37.4 Å². The molecule has 2 nitrogen and oxygen atoms in total. The molecule has 0 aromatic heterocycles. The molecule has 1 saturated heterocycles. The van der Waals surface area contributed by atoms with Gasteiger partial charge >= 0.3 is 0 Å². The molecule has 0 spiro atoms. The zero-order valence-electron chi connectivity index (χ0n) is 11.1. The van der Waals surface area contributed by atoms with Crippen LogP contribution in [0.1, 0.15) is 44.4 Å². The van der Waals surface area contributed by atoms with Crippen molar-refractivity contribution in [1.29, 1.82) is 0 Å². The SMILES string of the molecule is CCOc1ccc([C@@H]2C[C@H](C)CN2)c(CC)c1. The van der Waals surface area contributed by atoms with Crippen LogP contribution in [0.5, 0.6) is 5.75 Å². The zero-order chi connectivity index (χ0) is 12.3. The van der Waals surface area contributed by atoms with Crippen LogP contribution in [0.2, 0.25) is 0 Å². The molecule has 1 aliphatic heterocycles. The van der Waals surface area contributed by atoms with Gasteiger partial charge in [0.2, 0.25) is 0 Å². The second-order valence-corrected chi connectivity index (χ2v) is 4.95. The van der Waals surface area contributed by atoms with Crippen molar-refractivity contribution in [3.05, 3.63) is 29.3 Å². The van der Waals surface area contributed by atoms with Gasteiger partial charge in [-0.1, -0.05) is 19.9 Å². The van der Waals surface area contributed by atoms with Crippen molar-refractivity contribution in [1.82, 2.24) is 5.32 Å². The lowest BCUT2D eigenvalue weighted by atomic mass is 9.95. The van der Waals surface area contributed by atoms with E-state index in [9.17, 15) is 0 Å². The summed E-state index contributed by atoms with van der Waals surface area (Å²) in [6, 6.07) is 7.07. The van der Waals surface area contributed by atoms with Crippen LogP contribution in [0.3, 0.4) is 0 Å². The third-order valence-electron chi connectivity index (χ3n) is 3.53. The number of ether oxygens (including phenoxy) is 1. The Morgan fingerprint density at radius 2 is 2.18 bits per heavy atom. The predicted octanol–water partition coefficient (Wildman–Crippen LogP) is 3.32. The van der Waals surface area contributed by atoms with Crippen LogP contribution in [0.15, 0.2) is 18.2 Å². The first-order valence-corrected chi connectivity index (χ1v) is 6.73. The highest BCUT2D eigenvalue weighted by Gasteiger charge is 2.23. The molecule has 1 N–H and O–H groups in total. The molecule has 0 bridgehead atoms. The van der Waals surface area contributed by atoms with E-state index in [1.807, 2.05) is 6.92 Å². The van der Waals surface area contributed by atoms with Crippen LogP contribution in [0.4, 0.5) is 0 Å². The molecule has 0 aliphatic carbocycles. The number of hydrogen-bond donors (Lipinski definition) is 1. The molecule has 94 valence electrons. The van der Waals surface area contributed by atoms with Crippen molar-refractivity contribution < 1.29 is 4.74 Å². The van der Waals surface area contributed by atoms with Crippen molar-refractivity contribution in [3.8, 4) is 5.75 Å². The van der Waals surface area contributed by atoms with Crippen molar-refractivity contribution in [2.24, 2.45) is 5.92 Å².